The van der Waals surface area contributed by atoms with Crippen molar-refractivity contribution >= 4 is 24.2 Å². The Morgan fingerprint density at radius 3 is 2.46 bits per heavy atom. The lowest BCUT2D eigenvalue weighted by atomic mass is 9.95. The Labute approximate surface area is 163 Å². The molecule has 1 saturated heterocycles. The summed E-state index contributed by atoms with van der Waals surface area (Å²) in [6, 6.07) is 10.4. The Morgan fingerprint density at radius 1 is 1.19 bits per heavy atom. The standard InChI is InChI=1S/C20H31N3O2.ClH/c1-3-21-16(2)15-22-20(25)18-11-13-23(14-12-18)19(24)10-9-17-7-5-4-6-8-17;/h4-8,16,18,21H,3,9-15H2,1-2H3,(H,22,25);1H/t16-;/m1./s1. The van der Waals surface area contributed by atoms with Crippen LogP contribution in [0.1, 0.15) is 38.7 Å². The smallest absolute Gasteiger partial charge is 0.223 e. The van der Waals surface area contributed by atoms with Crippen molar-refractivity contribution < 1.29 is 9.59 Å². The van der Waals surface area contributed by atoms with Crippen molar-refractivity contribution in [2.24, 2.45) is 5.92 Å². The molecule has 1 aliphatic rings. The lowest BCUT2D eigenvalue weighted by Gasteiger charge is -2.31. The SMILES string of the molecule is CCN[C@H](C)CNC(=O)C1CCN(C(=O)CCc2ccccc2)CC1.Cl. The van der Waals surface area contributed by atoms with Crippen LogP contribution >= 0.6 is 12.4 Å². The van der Waals surface area contributed by atoms with E-state index in [4.69, 9.17) is 0 Å². The molecule has 0 bridgehead atoms. The lowest BCUT2D eigenvalue weighted by Crippen LogP contribution is -2.45. The number of likely N-dealkylation sites (N-methyl/N-ethyl adjacent to an activating group) is 1. The first-order chi connectivity index (χ1) is 12.1. The summed E-state index contributed by atoms with van der Waals surface area (Å²) in [6.07, 6.45) is 2.85. The van der Waals surface area contributed by atoms with Gasteiger partial charge in [-0.2, -0.15) is 0 Å². The molecule has 0 saturated carbocycles. The molecule has 1 heterocycles. The molecule has 2 rings (SSSR count). The van der Waals surface area contributed by atoms with E-state index in [9.17, 15) is 9.59 Å². The molecule has 0 spiro atoms. The van der Waals surface area contributed by atoms with E-state index in [-0.39, 0.29) is 36.2 Å². The Bertz CT molecular complexity index is 545. The summed E-state index contributed by atoms with van der Waals surface area (Å²) in [5, 5.41) is 6.31. The number of hydrogen-bond acceptors (Lipinski definition) is 3. The number of carbonyl (C=O) groups is 2. The fraction of sp³-hybridized carbons (Fsp3) is 0.600. The molecule has 1 fully saturated rings. The summed E-state index contributed by atoms with van der Waals surface area (Å²) in [7, 11) is 0. The molecule has 2 amide bonds. The van der Waals surface area contributed by atoms with Crippen LogP contribution in [-0.2, 0) is 16.0 Å². The van der Waals surface area contributed by atoms with Gasteiger partial charge in [-0.15, -0.1) is 12.4 Å². The van der Waals surface area contributed by atoms with E-state index in [0.29, 0.717) is 26.1 Å². The van der Waals surface area contributed by atoms with E-state index in [1.807, 2.05) is 23.1 Å². The van der Waals surface area contributed by atoms with Crippen LogP contribution < -0.4 is 10.6 Å². The number of carbonyl (C=O) groups excluding carboxylic acids is 2. The van der Waals surface area contributed by atoms with Crippen LogP contribution in [0.5, 0.6) is 0 Å². The molecule has 26 heavy (non-hydrogen) atoms. The van der Waals surface area contributed by atoms with Gasteiger partial charge in [0.1, 0.15) is 0 Å². The van der Waals surface area contributed by atoms with Gasteiger partial charge in [0, 0.05) is 38.0 Å². The summed E-state index contributed by atoms with van der Waals surface area (Å²) in [6.45, 7) is 7.06. The van der Waals surface area contributed by atoms with Crippen molar-refractivity contribution in [3.8, 4) is 0 Å². The van der Waals surface area contributed by atoms with E-state index in [0.717, 1.165) is 25.8 Å². The molecular formula is C20H32ClN3O2. The number of piperidine rings is 1. The highest BCUT2D eigenvalue weighted by atomic mass is 35.5. The molecule has 6 heteroatoms. The maximum atomic E-state index is 12.4. The van der Waals surface area contributed by atoms with Crippen LogP contribution in [0.25, 0.3) is 0 Å². The van der Waals surface area contributed by atoms with Gasteiger partial charge in [0.2, 0.25) is 11.8 Å². The average Bonchev–Trinajstić information content (AvgIpc) is 2.65. The van der Waals surface area contributed by atoms with Crippen molar-refractivity contribution in [3.63, 3.8) is 0 Å². The number of benzene rings is 1. The van der Waals surface area contributed by atoms with Crippen molar-refractivity contribution in [2.75, 3.05) is 26.2 Å². The van der Waals surface area contributed by atoms with E-state index in [2.05, 4.69) is 36.6 Å². The van der Waals surface area contributed by atoms with Gasteiger partial charge in [-0.05, 0) is 38.3 Å². The Balaban J connectivity index is 0.00000338. The number of nitrogens with one attached hydrogen (secondary N) is 2. The van der Waals surface area contributed by atoms with Crippen LogP contribution in [0.15, 0.2) is 30.3 Å². The summed E-state index contributed by atoms with van der Waals surface area (Å²) in [5.41, 5.74) is 1.19. The second kappa shape index (κ2) is 11.9. The normalized spacial score (nSPS) is 15.8. The fourth-order valence-electron chi connectivity index (χ4n) is 3.26. The van der Waals surface area contributed by atoms with E-state index in [1.54, 1.807) is 0 Å². The number of rotatable bonds is 8. The highest BCUT2D eigenvalue weighted by Crippen LogP contribution is 2.18. The summed E-state index contributed by atoms with van der Waals surface area (Å²) >= 11 is 0. The Hall–Kier alpha value is -1.59. The zero-order valence-corrected chi connectivity index (χ0v) is 16.7. The van der Waals surface area contributed by atoms with Crippen molar-refractivity contribution in [3.05, 3.63) is 35.9 Å². The monoisotopic (exact) mass is 381 g/mol. The second-order valence-corrected chi connectivity index (χ2v) is 6.84. The number of hydrogen-bond donors (Lipinski definition) is 2. The summed E-state index contributed by atoms with van der Waals surface area (Å²) in [4.78, 5) is 26.5. The first-order valence-electron chi connectivity index (χ1n) is 9.43. The van der Waals surface area contributed by atoms with E-state index in [1.165, 1.54) is 5.56 Å². The van der Waals surface area contributed by atoms with Gasteiger partial charge in [0.05, 0.1) is 0 Å². The average molecular weight is 382 g/mol. The first kappa shape index (κ1) is 22.5. The van der Waals surface area contributed by atoms with E-state index >= 15 is 0 Å². The van der Waals surface area contributed by atoms with Crippen molar-refractivity contribution in [1.82, 2.24) is 15.5 Å². The summed E-state index contributed by atoms with van der Waals surface area (Å²) in [5.74, 6) is 0.358. The van der Waals surface area contributed by atoms with Gasteiger partial charge < -0.3 is 15.5 Å². The molecule has 5 nitrogen and oxygen atoms in total. The van der Waals surface area contributed by atoms with Gasteiger partial charge in [0.25, 0.3) is 0 Å². The predicted octanol–water partition coefficient (Wildman–Crippen LogP) is 2.39. The molecule has 1 aromatic carbocycles. The molecule has 1 aromatic rings. The lowest BCUT2D eigenvalue weighted by molar-refractivity contribution is -0.135. The summed E-state index contributed by atoms with van der Waals surface area (Å²) < 4.78 is 0. The predicted molar refractivity (Wildman–Crippen MR) is 107 cm³/mol. The van der Waals surface area contributed by atoms with Crippen molar-refractivity contribution in [2.45, 2.75) is 45.6 Å². The minimum Gasteiger partial charge on any atom is -0.354 e. The molecule has 146 valence electrons. The molecule has 0 unspecified atom stereocenters. The third-order valence-corrected chi connectivity index (χ3v) is 4.82. The van der Waals surface area contributed by atoms with Gasteiger partial charge in [-0.1, -0.05) is 37.3 Å². The largest absolute Gasteiger partial charge is 0.354 e. The van der Waals surface area contributed by atoms with Crippen LogP contribution in [0.4, 0.5) is 0 Å². The maximum Gasteiger partial charge on any atom is 0.223 e. The number of halogens is 1. The van der Waals surface area contributed by atoms with Crippen LogP contribution in [-0.4, -0.2) is 48.9 Å². The fourth-order valence-corrected chi connectivity index (χ4v) is 3.26. The first-order valence-corrected chi connectivity index (χ1v) is 9.43. The molecule has 0 aromatic heterocycles. The zero-order chi connectivity index (χ0) is 18.1. The Kier molecular flexibility index (Phi) is 10.3. The third-order valence-electron chi connectivity index (χ3n) is 4.82. The molecule has 0 aliphatic carbocycles. The van der Waals surface area contributed by atoms with Crippen LogP contribution in [0.2, 0.25) is 0 Å². The maximum absolute atomic E-state index is 12.4. The van der Waals surface area contributed by atoms with Gasteiger partial charge in [0.15, 0.2) is 0 Å². The number of aryl methyl sites for hydroxylation is 1. The zero-order valence-electron chi connectivity index (χ0n) is 15.9. The molecule has 0 radical (unpaired) electrons. The number of amides is 2. The molecule has 2 N–H and O–H groups in total. The number of likely N-dealkylation sites (tertiary alicyclic amines) is 1. The van der Waals surface area contributed by atoms with Crippen molar-refractivity contribution in [1.29, 1.82) is 0 Å². The van der Waals surface area contributed by atoms with Gasteiger partial charge >= 0.3 is 0 Å². The minimum atomic E-state index is 0. The highest BCUT2D eigenvalue weighted by Gasteiger charge is 2.27. The van der Waals surface area contributed by atoms with Gasteiger partial charge in [-0.3, -0.25) is 9.59 Å². The van der Waals surface area contributed by atoms with Crippen LogP contribution in [0, 0.1) is 5.92 Å². The third kappa shape index (κ3) is 7.34. The van der Waals surface area contributed by atoms with E-state index < -0.39 is 0 Å². The second-order valence-electron chi connectivity index (χ2n) is 6.84. The molecule has 1 aliphatic heterocycles. The molecular weight excluding hydrogens is 350 g/mol. The van der Waals surface area contributed by atoms with Gasteiger partial charge in [-0.25, -0.2) is 0 Å². The highest BCUT2D eigenvalue weighted by molar-refractivity contribution is 5.85. The Morgan fingerprint density at radius 2 is 1.85 bits per heavy atom. The molecule has 1 atom stereocenters. The number of nitrogens with zero attached hydrogens (tertiary/aromatic N) is 1. The minimum absolute atomic E-state index is 0. The van der Waals surface area contributed by atoms with Crippen LogP contribution in [0.3, 0.4) is 0 Å². The quantitative estimate of drug-likeness (QED) is 0.726. The topological polar surface area (TPSA) is 61.4 Å².